The van der Waals surface area contributed by atoms with Gasteiger partial charge in [-0.15, -0.1) is 0 Å². The van der Waals surface area contributed by atoms with Crippen molar-refractivity contribution in [1.82, 2.24) is 9.97 Å². The maximum absolute atomic E-state index is 9.23. The number of aliphatic hydroxyl groups is 2. The Kier molecular flexibility index (Phi) is 5.45. The van der Waals surface area contributed by atoms with Crippen LogP contribution in [-0.2, 0) is 6.61 Å². The number of hydrogen-bond acceptors (Lipinski definition) is 5. The van der Waals surface area contributed by atoms with Gasteiger partial charge in [0.2, 0.25) is 0 Å². The summed E-state index contributed by atoms with van der Waals surface area (Å²) in [4.78, 5) is 9.81. The van der Waals surface area contributed by atoms with Crippen LogP contribution < -0.4 is 4.90 Å². The maximum Gasteiger partial charge on any atom is 0.140 e. The van der Waals surface area contributed by atoms with Gasteiger partial charge in [-0.05, 0) is 6.42 Å². The van der Waals surface area contributed by atoms with Crippen molar-refractivity contribution >= 4 is 17.4 Å². The molecule has 0 atom stereocenters. The Balaban J connectivity index is 3.02. The molecule has 0 bridgehead atoms. The van der Waals surface area contributed by atoms with Gasteiger partial charge in [0.1, 0.15) is 17.3 Å². The van der Waals surface area contributed by atoms with E-state index >= 15 is 0 Å². The van der Waals surface area contributed by atoms with Crippen molar-refractivity contribution < 1.29 is 10.2 Å². The van der Waals surface area contributed by atoms with Crippen LogP contribution in [0.5, 0.6) is 0 Å². The van der Waals surface area contributed by atoms with Gasteiger partial charge in [-0.2, -0.15) is 0 Å². The van der Waals surface area contributed by atoms with E-state index in [9.17, 15) is 5.11 Å². The fraction of sp³-hybridized carbons (Fsp3) is 0.600. The number of hydrogen-bond donors (Lipinski definition) is 2. The summed E-state index contributed by atoms with van der Waals surface area (Å²) in [6.07, 6.45) is 2.28. The molecule has 0 spiro atoms. The van der Waals surface area contributed by atoms with Gasteiger partial charge < -0.3 is 15.1 Å². The van der Waals surface area contributed by atoms with Crippen LogP contribution in [0.3, 0.4) is 0 Å². The van der Waals surface area contributed by atoms with Crippen molar-refractivity contribution in [3.05, 3.63) is 17.0 Å². The van der Waals surface area contributed by atoms with E-state index < -0.39 is 0 Å². The fourth-order valence-corrected chi connectivity index (χ4v) is 1.69. The van der Waals surface area contributed by atoms with Crippen LogP contribution in [0.1, 0.15) is 18.9 Å². The lowest BCUT2D eigenvalue weighted by Gasteiger charge is -2.24. The predicted octanol–water partition coefficient (Wildman–Crippen LogP) is 0.831. The Bertz CT molecular complexity index is 330. The number of aromatic nitrogens is 2. The molecule has 0 aliphatic rings. The number of rotatable bonds is 6. The highest BCUT2D eigenvalue weighted by Crippen LogP contribution is 2.23. The third kappa shape index (κ3) is 3.04. The van der Waals surface area contributed by atoms with E-state index in [1.807, 2.05) is 11.8 Å². The summed E-state index contributed by atoms with van der Waals surface area (Å²) in [5, 5.41) is 18.5. The average Bonchev–Trinajstić information content (AvgIpc) is 2.28. The topological polar surface area (TPSA) is 69.5 Å². The predicted molar refractivity (Wildman–Crippen MR) is 62.6 cm³/mol. The first-order chi connectivity index (χ1) is 7.74. The number of anilines is 1. The van der Waals surface area contributed by atoms with Gasteiger partial charge in [-0.25, -0.2) is 9.97 Å². The summed E-state index contributed by atoms with van der Waals surface area (Å²) < 4.78 is 0. The van der Waals surface area contributed by atoms with E-state index in [1.165, 1.54) is 6.33 Å². The number of halogens is 1. The highest BCUT2D eigenvalue weighted by molar-refractivity contribution is 6.30. The molecular formula is C10H16ClN3O2. The second-order valence-electron chi connectivity index (χ2n) is 3.34. The molecule has 1 rings (SSSR count). The van der Waals surface area contributed by atoms with Crippen LogP contribution in [-0.4, -0.2) is 39.9 Å². The highest BCUT2D eigenvalue weighted by atomic mass is 35.5. The normalized spacial score (nSPS) is 10.5. The molecule has 0 aliphatic heterocycles. The molecule has 6 heteroatoms. The molecule has 16 heavy (non-hydrogen) atoms. The van der Waals surface area contributed by atoms with E-state index in [1.54, 1.807) is 0 Å². The summed E-state index contributed by atoms with van der Waals surface area (Å²) in [6.45, 7) is 3.08. The SMILES string of the molecule is CCCN(CCO)c1ncnc(Cl)c1CO. The van der Waals surface area contributed by atoms with Crippen LogP contribution in [0, 0.1) is 0 Å². The Hall–Kier alpha value is -0.910. The lowest BCUT2D eigenvalue weighted by molar-refractivity contribution is 0.279. The quantitative estimate of drug-likeness (QED) is 0.727. The molecule has 1 aromatic heterocycles. The van der Waals surface area contributed by atoms with E-state index in [0.29, 0.717) is 17.9 Å². The van der Waals surface area contributed by atoms with Gasteiger partial charge in [0.05, 0.1) is 18.8 Å². The zero-order valence-electron chi connectivity index (χ0n) is 9.23. The van der Waals surface area contributed by atoms with Crippen LogP contribution in [0.4, 0.5) is 5.82 Å². The van der Waals surface area contributed by atoms with Crippen molar-refractivity contribution in [1.29, 1.82) is 0 Å². The first-order valence-electron chi connectivity index (χ1n) is 5.20. The first-order valence-corrected chi connectivity index (χ1v) is 5.58. The van der Waals surface area contributed by atoms with Gasteiger partial charge in [-0.3, -0.25) is 0 Å². The van der Waals surface area contributed by atoms with Gasteiger partial charge in [-0.1, -0.05) is 18.5 Å². The number of aliphatic hydroxyl groups excluding tert-OH is 2. The summed E-state index contributed by atoms with van der Waals surface area (Å²) in [7, 11) is 0. The van der Waals surface area contributed by atoms with Crippen molar-refractivity contribution in [2.24, 2.45) is 0 Å². The Morgan fingerprint density at radius 3 is 2.62 bits per heavy atom. The third-order valence-electron chi connectivity index (χ3n) is 2.19. The van der Waals surface area contributed by atoms with E-state index in [2.05, 4.69) is 9.97 Å². The largest absolute Gasteiger partial charge is 0.395 e. The molecule has 0 unspecified atom stereocenters. The van der Waals surface area contributed by atoms with E-state index in [4.69, 9.17) is 16.7 Å². The molecule has 1 heterocycles. The summed E-state index contributed by atoms with van der Waals surface area (Å²) in [6, 6.07) is 0. The summed E-state index contributed by atoms with van der Waals surface area (Å²) in [5.74, 6) is 0.596. The minimum absolute atomic E-state index is 0.0342. The van der Waals surface area contributed by atoms with Gasteiger partial charge >= 0.3 is 0 Å². The molecule has 0 fully saturated rings. The molecule has 1 aromatic rings. The average molecular weight is 246 g/mol. The van der Waals surface area contributed by atoms with Crippen molar-refractivity contribution in [2.45, 2.75) is 20.0 Å². The molecule has 0 saturated heterocycles. The lowest BCUT2D eigenvalue weighted by atomic mass is 10.3. The van der Waals surface area contributed by atoms with Gasteiger partial charge in [0.25, 0.3) is 0 Å². The van der Waals surface area contributed by atoms with E-state index in [0.717, 1.165) is 13.0 Å². The highest BCUT2D eigenvalue weighted by Gasteiger charge is 2.14. The summed E-state index contributed by atoms with van der Waals surface area (Å²) in [5.41, 5.74) is 0.506. The molecule has 0 aliphatic carbocycles. The Morgan fingerprint density at radius 2 is 2.06 bits per heavy atom. The monoisotopic (exact) mass is 245 g/mol. The second-order valence-corrected chi connectivity index (χ2v) is 3.69. The standard InChI is InChI=1S/C10H16ClN3O2/c1-2-3-14(4-5-15)10-8(6-16)9(11)12-7-13-10/h7,15-16H,2-6H2,1H3. The molecular weight excluding hydrogens is 230 g/mol. The zero-order chi connectivity index (χ0) is 12.0. The molecule has 90 valence electrons. The molecule has 0 saturated carbocycles. The Morgan fingerprint density at radius 1 is 1.31 bits per heavy atom. The fourth-order valence-electron chi connectivity index (χ4n) is 1.51. The number of nitrogens with zero attached hydrogens (tertiary/aromatic N) is 3. The van der Waals surface area contributed by atoms with Gasteiger partial charge in [0.15, 0.2) is 0 Å². The smallest absolute Gasteiger partial charge is 0.140 e. The summed E-state index contributed by atoms with van der Waals surface area (Å²) >= 11 is 5.87. The van der Waals surface area contributed by atoms with Crippen LogP contribution >= 0.6 is 11.6 Å². The third-order valence-corrected chi connectivity index (χ3v) is 2.52. The van der Waals surface area contributed by atoms with Crippen LogP contribution in [0.2, 0.25) is 5.15 Å². The molecule has 2 N–H and O–H groups in total. The maximum atomic E-state index is 9.23. The molecule has 0 radical (unpaired) electrons. The van der Waals surface area contributed by atoms with Crippen molar-refractivity contribution in [3.63, 3.8) is 0 Å². The minimum atomic E-state index is -0.208. The Labute approximate surface area is 99.7 Å². The first kappa shape index (κ1) is 13.2. The van der Waals surface area contributed by atoms with Crippen molar-refractivity contribution in [3.8, 4) is 0 Å². The van der Waals surface area contributed by atoms with Crippen molar-refractivity contribution in [2.75, 3.05) is 24.6 Å². The molecule has 0 amide bonds. The van der Waals surface area contributed by atoms with Gasteiger partial charge in [0, 0.05) is 13.1 Å². The second kappa shape index (κ2) is 6.62. The van der Waals surface area contributed by atoms with Crippen LogP contribution in [0.15, 0.2) is 6.33 Å². The lowest BCUT2D eigenvalue weighted by Crippen LogP contribution is -2.29. The zero-order valence-corrected chi connectivity index (χ0v) is 9.98. The van der Waals surface area contributed by atoms with E-state index in [-0.39, 0.29) is 18.4 Å². The molecule has 5 nitrogen and oxygen atoms in total. The molecule has 0 aromatic carbocycles. The van der Waals surface area contributed by atoms with Crippen LogP contribution in [0.25, 0.3) is 0 Å². The minimum Gasteiger partial charge on any atom is -0.395 e.